The fourth-order valence-electron chi connectivity index (χ4n) is 1.95. The van der Waals surface area contributed by atoms with E-state index in [1.54, 1.807) is 11.3 Å². The van der Waals surface area contributed by atoms with Gasteiger partial charge < -0.3 is 5.11 Å². The van der Waals surface area contributed by atoms with Crippen LogP contribution in [0.3, 0.4) is 0 Å². The summed E-state index contributed by atoms with van der Waals surface area (Å²) < 4.78 is 0. The summed E-state index contributed by atoms with van der Waals surface area (Å²) in [4.78, 5) is 13.0. The zero-order valence-corrected chi connectivity index (χ0v) is 12.1. The van der Waals surface area contributed by atoms with Gasteiger partial charge in [-0.1, -0.05) is 36.4 Å². The van der Waals surface area contributed by atoms with E-state index in [-0.39, 0.29) is 6.42 Å². The van der Waals surface area contributed by atoms with E-state index in [4.69, 9.17) is 5.11 Å². The summed E-state index contributed by atoms with van der Waals surface area (Å²) in [6.45, 7) is 0. The van der Waals surface area contributed by atoms with Gasteiger partial charge >= 0.3 is 5.97 Å². The highest BCUT2D eigenvalue weighted by molar-refractivity contribution is 7.12. The van der Waals surface area contributed by atoms with Gasteiger partial charge in [-0.2, -0.15) is 0 Å². The first-order chi connectivity index (χ1) is 9.74. The average molecular weight is 286 g/mol. The third kappa shape index (κ3) is 5.02. The topological polar surface area (TPSA) is 37.3 Å². The lowest BCUT2D eigenvalue weighted by Crippen LogP contribution is -1.92. The molecule has 1 heterocycles. The first kappa shape index (κ1) is 14.5. The van der Waals surface area contributed by atoms with Crippen molar-refractivity contribution in [3.63, 3.8) is 0 Å². The Labute approximate surface area is 123 Å². The Balaban J connectivity index is 1.83. The number of carboxylic acids is 1. The fourth-order valence-corrected chi connectivity index (χ4v) is 2.92. The summed E-state index contributed by atoms with van der Waals surface area (Å²) >= 11 is 1.79. The van der Waals surface area contributed by atoms with E-state index in [0.29, 0.717) is 6.42 Å². The van der Waals surface area contributed by atoms with Crippen LogP contribution < -0.4 is 0 Å². The number of unbranched alkanes of at least 4 members (excludes halogenated alkanes) is 1. The molecule has 0 atom stereocenters. The molecule has 0 bridgehead atoms. The second-order valence-electron chi connectivity index (χ2n) is 4.65. The summed E-state index contributed by atoms with van der Waals surface area (Å²) in [5, 5.41) is 8.55. The predicted octanol–water partition coefficient (Wildman–Crippen LogP) is 4.61. The Kier molecular flexibility index (Phi) is 5.56. The molecule has 0 aliphatic heterocycles. The number of benzene rings is 1. The molecule has 0 spiro atoms. The summed E-state index contributed by atoms with van der Waals surface area (Å²) in [5.74, 6) is -0.723. The SMILES string of the molecule is O=C(O)CCCC=Cc1ccc(Cc2ccccc2)s1. The van der Waals surface area contributed by atoms with Gasteiger partial charge in [0.1, 0.15) is 0 Å². The van der Waals surface area contributed by atoms with Crippen LogP contribution in [0.2, 0.25) is 0 Å². The second kappa shape index (κ2) is 7.65. The van der Waals surface area contributed by atoms with Crippen LogP contribution >= 0.6 is 11.3 Å². The highest BCUT2D eigenvalue weighted by atomic mass is 32.1. The Bertz CT molecular complexity index is 570. The molecule has 0 radical (unpaired) electrons. The molecule has 0 aliphatic carbocycles. The quantitative estimate of drug-likeness (QED) is 0.755. The van der Waals surface area contributed by atoms with Crippen LogP contribution in [0.5, 0.6) is 0 Å². The normalized spacial score (nSPS) is 11.0. The molecule has 1 N–H and O–H groups in total. The van der Waals surface area contributed by atoms with E-state index < -0.39 is 5.97 Å². The molecule has 1 aromatic carbocycles. The summed E-state index contributed by atoms with van der Waals surface area (Å²) in [6.07, 6.45) is 6.88. The van der Waals surface area contributed by atoms with Crippen LogP contribution in [-0.2, 0) is 11.2 Å². The number of carboxylic acid groups (broad SMARTS) is 1. The van der Waals surface area contributed by atoms with Crippen LogP contribution in [0.15, 0.2) is 48.5 Å². The standard InChI is InChI=1S/C17H18O2S/c18-17(19)10-6-2-5-9-15-11-12-16(20-15)13-14-7-3-1-4-8-14/h1,3-5,7-9,11-12H,2,6,10,13H2,(H,18,19). The number of hydrogen-bond acceptors (Lipinski definition) is 2. The minimum absolute atomic E-state index is 0.244. The molecule has 1 aromatic heterocycles. The summed E-state index contributed by atoms with van der Waals surface area (Å²) in [5.41, 5.74) is 1.33. The third-order valence-corrected chi connectivity index (χ3v) is 4.00. The van der Waals surface area contributed by atoms with E-state index in [2.05, 4.69) is 48.6 Å². The van der Waals surface area contributed by atoms with Crippen molar-refractivity contribution in [3.8, 4) is 0 Å². The van der Waals surface area contributed by atoms with Gasteiger partial charge in [0, 0.05) is 22.6 Å². The van der Waals surface area contributed by atoms with E-state index >= 15 is 0 Å². The van der Waals surface area contributed by atoms with E-state index in [1.165, 1.54) is 15.3 Å². The number of aliphatic carboxylic acids is 1. The molecular weight excluding hydrogens is 268 g/mol. The van der Waals surface area contributed by atoms with Gasteiger partial charge in [0.25, 0.3) is 0 Å². The van der Waals surface area contributed by atoms with E-state index in [1.807, 2.05) is 6.07 Å². The Morgan fingerprint density at radius 2 is 1.95 bits per heavy atom. The van der Waals surface area contributed by atoms with Gasteiger partial charge in [-0.05, 0) is 36.6 Å². The van der Waals surface area contributed by atoms with E-state index in [9.17, 15) is 4.79 Å². The molecule has 104 valence electrons. The van der Waals surface area contributed by atoms with Crippen molar-refractivity contribution in [2.75, 3.05) is 0 Å². The van der Waals surface area contributed by atoms with Crippen LogP contribution in [0.25, 0.3) is 6.08 Å². The Hall–Kier alpha value is -1.87. The minimum Gasteiger partial charge on any atom is -0.481 e. The average Bonchev–Trinajstić information content (AvgIpc) is 2.87. The maximum atomic E-state index is 10.4. The smallest absolute Gasteiger partial charge is 0.303 e. The molecule has 0 saturated carbocycles. The number of allylic oxidation sites excluding steroid dienone is 1. The number of rotatable bonds is 7. The molecule has 2 aromatic rings. The van der Waals surface area contributed by atoms with Crippen LogP contribution in [0, 0.1) is 0 Å². The third-order valence-electron chi connectivity index (χ3n) is 2.95. The van der Waals surface area contributed by atoms with Crippen LogP contribution in [0.1, 0.15) is 34.6 Å². The Morgan fingerprint density at radius 3 is 2.70 bits per heavy atom. The fraction of sp³-hybridized carbons (Fsp3) is 0.235. The molecule has 0 amide bonds. The van der Waals surface area contributed by atoms with Gasteiger partial charge in [-0.25, -0.2) is 0 Å². The molecule has 0 aliphatic rings. The van der Waals surface area contributed by atoms with Crippen LogP contribution in [0.4, 0.5) is 0 Å². The van der Waals surface area contributed by atoms with Crippen molar-refractivity contribution in [1.82, 2.24) is 0 Å². The first-order valence-corrected chi connectivity index (χ1v) is 7.56. The van der Waals surface area contributed by atoms with Gasteiger partial charge in [0.15, 0.2) is 0 Å². The lowest BCUT2D eigenvalue weighted by Gasteiger charge is -1.96. The maximum absolute atomic E-state index is 10.4. The van der Waals surface area contributed by atoms with Gasteiger partial charge in [0.2, 0.25) is 0 Å². The van der Waals surface area contributed by atoms with Crippen LogP contribution in [-0.4, -0.2) is 11.1 Å². The Morgan fingerprint density at radius 1 is 1.15 bits per heavy atom. The number of thiophene rings is 1. The van der Waals surface area contributed by atoms with Crippen molar-refractivity contribution in [2.45, 2.75) is 25.7 Å². The number of carbonyl (C=O) groups is 1. The van der Waals surface area contributed by atoms with Crippen molar-refractivity contribution in [3.05, 3.63) is 63.9 Å². The highest BCUT2D eigenvalue weighted by Crippen LogP contribution is 2.21. The van der Waals surface area contributed by atoms with Gasteiger partial charge in [-0.15, -0.1) is 11.3 Å². The van der Waals surface area contributed by atoms with Crippen molar-refractivity contribution in [1.29, 1.82) is 0 Å². The minimum atomic E-state index is -0.723. The van der Waals surface area contributed by atoms with Crippen molar-refractivity contribution < 1.29 is 9.90 Å². The molecular formula is C17H18O2S. The van der Waals surface area contributed by atoms with E-state index in [0.717, 1.165) is 12.8 Å². The maximum Gasteiger partial charge on any atom is 0.303 e. The van der Waals surface area contributed by atoms with Gasteiger partial charge in [0.05, 0.1) is 0 Å². The molecule has 2 nitrogen and oxygen atoms in total. The summed E-state index contributed by atoms with van der Waals surface area (Å²) in [6, 6.07) is 14.7. The molecule has 20 heavy (non-hydrogen) atoms. The zero-order chi connectivity index (χ0) is 14.2. The second-order valence-corrected chi connectivity index (χ2v) is 5.85. The predicted molar refractivity (Wildman–Crippen MR) is 84.1 cm³/mol. The summed E-state index contributed by atoms with van der Waals surface area (Å²) in [7, 11) is 0. The molecule has 0 unspecified atom stereocenters. The monoisotopic (exact) mass is 286 g/mol. The van der Waals surface area contributed by atoms with Crippen molar-refractivity contribution >= 4 is 23.4 Å². The molecule has 2 rings (SSSR count). The molecule has 0 saturated heterocycles. The lowest BCUT2D eigenvalue weighted by atomic mass is 10.1. The highest BCUT2D eigenvalue weighted by Gasteiger charge is 1.99. The largest absolute Gasteiger partial charge is 0.481 e. The molecule has 3 heteroatoms. The first-order valence-electron chi connectivity index (χ1n) is 6.75. The molecule has 0 fully saturated rings. The van der Waals surface area contributed by atoms with Crippen molar-refractivity contribution in [2.24, 2.45) is 0 Å². The lowest BCUT2D eigenvalue weighted by molar-refractivity contribution is -0.137. The number of hydrogen-bond donors (Lipinski definition) is 1. The van der Waals surface area contributed by atoms with Gasteiger partial charge in [-0.3, -0.25) is 4.79 Å². The zero-order valence-electron chi connectivity index (χ0n) is 11.3.